The van der Waals surface area contributed by atoms with Crippen molar-refractivity contribution in [3.05, 3.63) is 235 Å². The minimum atomic E-state index is -0.488. The van der Waals surface area contributed by atoms with Crippen LogP contribution in [0.2, 0.25) is 0 Å². The van der Waals surface area contributed by atoms with E-state index in [1.807, 2.05) is 11.3 Å². The van der Waals surface area contributed by atoms with Crippen molar-refractivity contribution in [2.24, 2.45) is 0 Å². The molecule has 1 aromatic heterocycles. The lowest BCUT2D eigenvalue weighted by atomic mass is 9.67. The maximum atomic E-state index is 2.47. The van der Waals surface area contributed by atoms with Crippen molar-refractivity contribution in [3.63, 3.8) is 0 Å². The third-order valence-electron chi connectivity index (χ3n) is 11.5. The summed E-state index contributed by atoms with van der Waals surface area (Å²) in [5.74, 6) is 0. The molecule has 258 valence electrons. The number of rotatable bonds is 6. The van der Waals surface area contributed by atoms with Gasteiger partial charge in [0.05, 0.1) is 5.41 Å². The normalized spacial score (nSPS) is 12.9. The van der Waals surface area contributed by atoms with E-state index in [1.54, 1.807) is 0 Å². The standard InChI is InChI=1S/C53H35NS/c1-3-17-40(18-4-1)53(41-19-5-2-6-20-41)49-24-11-9-22-45(49)46-30-28-43(34-50(46)53)54(44-29-31-48-47-23-10-12-25-51(47)55-52(48)35-44)42-21-13-16-38(33-42)39-27-26-36-14-7-8-15-37(36)32-39/h1-35H. The average molecular weight is 718 g/mol. The quantitative estimate of drug-likeness (QED) is 0.166. The molecule has 55 heavy (non-hydrogen) atoms. The summed E-state index contributed by atoms with van der Waals surface area (Å²) in [5.41, 5.74) is 13.0. The van der Waals surface area contributed by atoms with Crippen LogP contribution in [-0.2, 0) is 5.41 Å². The van der Waals surface area contributed by atoms with Gasteiger partial charge < -0.3 is 4.90 Å². The highest BCUT2D eigenvalue weighted by molar-refractivity contribution is 7.25. The molecule has 0 unspecified atom stereocenters. The first-order chi connectivity index (χ1) is 27.3. The summed E-state index contributed by atoms with van der Waals surface area (Å²) in [4.78, 5) is 2.46. The summed E-state index contributed by atoms with van der Waals surface area (Å²) in [6.07, 6.45) is 0. The molecule has 11 rings (SSSR count). The highest BCUT2D eigenvalue weighted by Gasteiger charge is 2.46. The van der Waals surface area contributed by atoms with Crippen molar-refractivity contribution in [2.75, 3.05) is 4.90 Å². The lowest BCUT2D eigenvalue weighted by Crippen LogP contribution is -2.28. The van der Waals surface area contributed by atoms with Crippen LogP contribution in [0.25, 0.3) is 53.2 Å². The molecule has 1 heterocycles. The van der Waals surface area contributed by atoms with Crippen molar-refractivity contribution in [2.45, 2.75) is 5.41 Å². The molecule has 0 spiro atoms. The van der Waals surface area contributed by atoms with Gasteiger partial charge in [-0.25, -0.2) is 0 Å². The Morgan fingerprint density at radius 1 is 0.345 bits per heavy atom. The van der Waals surface area contributed by atoms with Gasteiger partial charge in [0.15, 0.2) is 0 Å². The van der Waals surface area contributed by atoms with Crippen LogP contribution in [0.3, 0.4) is 0 Å². The minimum absolute atomic E-state index is 0.488. The SMILES string of the molecule is c1ccc(C2(c3ccccc3)c3ccccc3-c3ccc(N(c4cccc(-c5ccc6ccccc6c5)c4)c4ccc5c(c4)sc4ccccc45)cc32)cc1. The number of hydrogen-bond acceptors (Lipinski definition) is 2. The number of thiophene rings is 1. The van der Waals surface area contributed by atoms with Crippen molar-refractivity contribution in [1.29, 1.82) is 0 Å². The molecular weight excluding hydrogens is 683 g/mol. The molecule has 1 nitrogen and oxygen atoms in total. The van der Waals surface area contributed by atoms with Crippen LogP contribution in [0.5, 0.6) is 0 Å². The van der Waals surface area contributed by atoms with Crippen LogP contribution < -0.4 is 4.90 Å². The lowest BCUT2D eigenvalue weighted by molar-refractivity contribution is 0.768. The second-order valence-electron chi connectivity index (χ2n) is 14.5. The van der Waals surface area contributed by atoms with Crippen LogP contribution in [-0.4, -0.2) is 0 Å². The molecule has 1 aliphatic rings. The van der Waals surface area contributed by atoms with Crippen LogP contribution in [0.15, 0.2) is 212 Å². The van der Waals surface area contributed by atoms with E-state index in [4.69, 9.17) is 0 Å². The molecule has 0 fully saturated rings. The third-order valence-corrected chi connectivity index (χ3v) is 12.6. The van der Waals surface area contributed by atoms with Gasteiger partial charge in [-0.3, -0.25) is 0 Å². The molecule has 10 aromatic rings. The first-order valence-electron chi connectivity index (χ1n) is 18.9. The summed E-state index contributed by atoms with van der Waals surface area (Å²) in [5, 5.41) is 5.10. The van der Waals surface area contributed by atoms with E-state index < -0.39 is 5.41 Å². The van der Waals surface area contributed by atoms with E-state index in [2.05, 4.69) is 217 Å². The first-order valence-corrected chi connectivity index (χ1v) is 19.7. The number of anilines is 3. The molecule has 0 atom stereocenters. The smallest absolute Gasteiger partial charge is 0.0714 e. The van der Waals surface area contributed by atoms with Crippen LogP contribution in [0.1, 0.15) is 22.3 Å². The van der Waals surface area contributed by atoms with E-state index in [0.29, 0.717) is 0 Å². The monoisotopic (exact) mass is 717 g/mol. The minimum Gasteiger partial charge on any atom is -0.310 e. The molecule has 1 aliphatic carbocycles. The number of hydrogen-bond donors (Lipinski definition) is 0. The molecule has 0 amide bonds. The van der Waals surface area contributed by atoms with Crippen molar-refractivity contribution < 1.29 is 0 Å². The van der Waals surface area contributed by atoms with E-state index in [-0.39, 0.29) is 0 Å². The zero-order chi connectivity index (χ0) is 36.3. The van der Waals surface area contributed by atoms with Gasteiger partial charge in [0, 0.05) is 37.2 Å². The Morgan fingerprint density at radius 3 is 1.80 bits per heavy atom. The second kappa shape index (κ2) is 12.7. The van der Waals surface area contributed by atoms with Gasteiger partial charge in [-0.15, -0.1) is 11.3 Å². The fraction of sp³-hybridized carbons (Fsp3) is 0.0189. The third kappa shape index (κ3) is 4.99. The fourth-order valence-corrected chi connectivity index (χ4v) is 10.2. The Morgan fingerprint density at radius 2 is 0.964 bits per heavy atom. The Kier molecular flexibility index (Phi) is 7.33. The van der Waals surface area contributed by atoms with Crippen molar-refractivity contribution in [3.8, 4) is 22.3 Å². The molecule has 9 aromatic carbocycles. The topological polar surface area (TPSA) is 3.24 Å². The highest BCUT2D eigenvalue weighted by Crippen LogP contribution is 2.57. The molecule has 0 aliphatic heterocycles. The Labute approximate surface area is 325 Å². The predicted octanol–water partition coefficient (Wildman–Crippen LogP) is 14.7. The summed E-state index contributed by atoms with van der Waals surface area (Å²) >= 11 is 1.86. The van der Waals surface area contributed by atoms with E-state index in [9.17, 15) is 0 Å². The van der Waals surface area contributed by atoms with Gasteiger partial charge in [-0.05, 0) is 104 Å². The van der Waals surface area contributed by atoms with Gasteiger partial charge in [0.2, 0.25) is 0 Å². The number of benzene rings is 9. The lowest BCUT2D eigenvalue weighted by Gasteiger charge is -2.35. The van der Waals surface area contributed by atoms with Gasteiger partial charge in [-0.1, -0.05) is 164 Å². The molecular formula is C53H35NS. The zero-order valence-corrected chi connectivity index (χ0v) is 30.9. The van der Waals surface area contributed by atoms with Gasteiger partial charge in [0.1, 0.15) is 0 Å². The Bertz CT molecular complexity index is 3010. The Hall–Kier alpha value is -6.74. The van der Waals surface area contributed by atoms with Crippen LogP contribution in [0.4, 0.5) is 17.1 Å². The van der Waals surface area contributed by atoms with Gasteiger partial charge in [-0.2, -0.15) is 0 Å². The molecule has 0 saturated heterocycles. The van der Waals surface area contributed by atoms with Crippen LogP contribution >= 0.6 is 11.3 Å². The maximum Gasteiger partial charge on any atom is 0.0714 e. The average Bonchev–Trinajstić information content (AvgIpc) is 3.77. The van der Waals surface area contributed by atoms with Crippen LogP contribution in [0, 0.1) is 0 Å². The summed E-state index contributed by atoms with van der Waals surface area (Å²) < 4.78 is 2.59. The van der Waals surface area contributed by atoms with E-state index >= 15 is 0 Å². The van der Waals surface area contributed by atoms with E-state index in [0.717, 1.165) is 17.1 Å². The van der Waals surface area contributed by atoms with E-state index in [1.165, 1.54) is 75.5 Å². The van der Waals surface area contributed by atoms with Gasteiger partial charge >= 0.3 is 0 Å². The summed E-state index contributed by atoms with van der Waals surface area (Å²) in [7, 11) is 0. The Balaban J connectivity index is 1.16. The second-order valence-corrected chi connectivity index (χ2v) is 15.6. The summed E-state index contributed by atoms with van der Waals surface area (Å²) in [6.45, 7) is 0. The fourth-order valence-electron chi connectivity index (χ4n) is 9.07. The molecule has 0 bridgehead atoms. The van der Waals surface area contributed by atoms with Gasteiger partial charge in [0.25, 0.3) is 0 Å². The molecule has 0 saturated carbocycles. The molecule has 0 radical (unpaired) electrons. The summed E-state index contributed by atoms with van der Waals surface area (Å²) in [6, 6.07) is 78.4. The number of nitrogens with zero attached hydrogens (tertiary/aromatic N) is 1. The van der Waals surface area contributed by atoms with Crippen molar-refractivity contribution in [1.82, 2.24) is 0 Å². The largest absolute Gasteiger partial charge is 0.310 e. The maximum absolute atomic E-state index is 2.47. The first kappa shape index (κ1) is 31.8. The van der Waals surface area contributed by atoms with Crippen molar-refractivity contribution >= 4 is 59.3 Å². The number of fused-ring (bicyclic) bond motifs is 7. The zero-order valence-electron chi connectivity index (χ0n) is 30.1. The molecule has 2 heteroatoms. The highest BCUT2D eigenvalue weighted by atomic mass is 32.1. The molecule has 0 N–H and O–H groups in total. The predicted molar refractivity (Wildman–Crippen MR) is 234 cm³/mol.